The van der Waals surface area contributed by atoms with Crippen molar-refractivity contribution in [2.75, 3.05) is 6.61 Å². The van der Waals surface area contributed by atoms with Crippen LogP contribution >= 0.6 is 0 Å². The summed E-state index contributed by atoms with van der Waals surface area (Å²) in [5, 5.41) is 17.6. The Labute approximate surface area is 190 Å². The number of unbranched alkanes of at least 4 members (excludes halogenated alkanes) is 16. The van der Waals surface area contributed by atoms with Gasteiger partial charge in [-0.15, -0.1) is 0 Å². The zero-order valence-electron chi connectivity index (χ0n) is 19.7. The Morgan fingerprint density at radius 1 is 0.742 bits per heavy atom. The van der Waals surface area contributed by atoms with Gasteiger partial charge in [-0.1, -0.05) is 121 Å². The second kappa shape index (κ2) is 23.2. The Kier molecular flexibility index (Phi) is 22.1. The van der Waals surface area contributed by atoms with Gasteiger partial charge in [-0.2, -0.15) is 0 Å². The third kappa shape index (κ3) is 21.6. The maximum Gasteiger partial charge on any atom is 0.345 e. The van der Waals surface area contributed by atoms with Gasteiger partial charge < -0.3 is 14.9 Å². The minimum atomic E-state index is -1.68. The predicted octanol–water partition coefficient (Wildman–Crippen LogP) is 6.17. The summed E-state index contributed by atoms with van der Waals surface area (Å²) < 4.78 is 4.34. The first-order chi connectivity index (χ1) is 15.1. The molecule has 180 valence electrons. The van der Waals surface area contributed by atoms with Crippen LogP contribution in [0.5, 0.6) is 0 Å². The van der Waals surface area contributed by atoms with E-state index < -0.39 is 24.6 Å². The molecule has 0 aromatic carbocycles. The molecule has 0 heterocycles. The fraction of sp³-hybridized carbons (Fsp3) is 0.769. The van der Waals surface area contributed by atoms with Crippen LogP contribution in [0, 0.1) is 0 Å². The van der Waals surface area contributed by atoms with E-state index in [9.17, 15) is 9.59 Å². The average Bonchev–Trinajstić information content (AvgIpc) is 2.77. The third-order valence-corrected chi connectivity index (χ3v) is 5.35. The molecule has 2 N–H and O–H groups in total. The lowest BCUT2D eigenvalue weighted by molar-refractivity contribution is -0.164. The Morgan fingerprint density at radius 3 is 1.65 bits per heavy atom. The predicted molar refractivity (Wildman–Crippen MR) is 127 cm³/mol. The highest BCUT2D eigenvalue weighted by molar-refractivity contribution is 5.93. The van der Waals surface area contributed by atoms with E-state index >= 15 is 0 Å². The van der Waals surface area contributed by atoms with E-state index in [1.165, 1.54) is 102 Å². The Balaban J connectivity index is 3.35. The van der Waals surface area contributed by atoms with E-state index in [1.54, 1.807) is 6.08 Å². The monoisotopic (exact) mass is 438 g/mol. The van der Waals surface area contributed by atoms with Crippen molar-refractivity contribution in [2.45, 2.75) is 122 Å². The summed E-state index contributed by atoms with van der Waals surface area (Å²) in [6.45, 7) is 1.50. The van der Waals surface area contributed by atoms with E-state index in [1.807, 2.05) is 6.08 Å². The van der Waals surface area contributed by atoms with Gasteiger partial charge in [0.25, 0.3) is 0 Å². The minimum absolute atomic E-state index is 0.769. The van der Waals surface area contributed by atoms with Gasteiger partial charge in [0.05, 0.1) is 6.61 Å². The molecule has 0 radical (unpaired) electrons. The molecule has 0 rings (SSSR count). The highest BCUT2D eigenvalue weighted by Gasteiger charge is 2.17. The number of esters is 2. The van der Waals surface area contributed by atoms with Crippen LogP contribution < -0.4 is 0 Å². The topological polar surface area (TPSA) is 83.8 Å². The number of carbonyl (C=O) groups excluding carboxylic acids is 2. The molecule has 0 fully saturated rings. The van der Waals surface area contributed by atoms with Crippen LogP contribution in [0.15, 0.2) is 24.3 Å². The normalized spacial score (nSPS) is 12.6. The Hall–Kier alpha value is -1.46. The molecule has 0 aliphatic carbocycles. The third-order valence-electron chi connectivity index (χ3n) is 5.35. The Bertz CT molecular complexity index is 484. The quantitative estimate of drug-likeness (QED) is 0.0735. The lowest BCUT2D eigenvalue weighted by Gasteiger charge is -2.03. The molecular weight excluding hydrogens is 392 g/mol. The number of aliphatic hydroxyl groups is 2. The first kappa shape index (κ1) is 29.5. The largest absolute Gasteiger partial charge is 0.393 e. The van der Waals surface area contributed by atoms with Gasteiger partial charge in [0, 0.05) is 6.08 Å². The fourth-order valence-corrected chi connectivity index (χ4v) is 3.39. The van der Waals surface area contributed by atoms with Gasteiger partial charge in [0.2, 0.25) is 0 Å². The summed E-state index contributed by atoms with van der Waals surface area (Å²) >= 11 is 0. The molecule has 0 aliphatic rings. The van der Waals surface area contributed by atoms with Crippen molar-refractivity contribution in [2.24, 2.45) is 0 Å². The van der Waals surface area contributed by atoms with Crippen LogP contribution in [0.2, 0.25) is 0 Å². The number of aliphatic hydroxyl groups excluding tert-OH is 2. The SMILES string of the molecule is CCCCCCCCCCCCCCCCCCC=CC=CC(=O)OC(=O)C(O)CO. The van der Waals surface area contributed by atoms with Crippen molar-refractivity contribution in [3.8, 4) is 0 Å². The number of allylic oxidation sites excluding steroid dienone is 3. The molecule has 0 amide bonds. The van der Waals surface area contributed by atoms with Crippen LogP contribution in [0.25, 0.3) is 0 Å². The number of rotatable bonds is 21. The van der Waals surface area contributed by atoms with Crippen molar-refractivity contribution in [1.82, 2.24) is 0 Å². The summed E-state index contributed by atoms with van der Waals surface area (Å²) in [5.41, 5.74) is 0. The van der Waals surface area contributed by atoms with E-state index in [-0.39, 0.29) is 0 Å². The van der Waals surface area contributed by atoms with Gasteiger partial charge in [-0.05, 0) is 12.8 Å². The number of carbonyl (C=O) groups is 2. The van der Waals surface area contributed by atoms with E-state index in [0.717, 1.165) is 18.9 Å². The molecule has 1 atom stereocenters. The molecule has 5 heteroatoms. The average molecular weight is 439 g/mol. The number of hydrogen-bond acceptors (Lipinski definition) is 5. The maximum absolute atomic E-state index is 11.3. The van der Waals surface area contributed by atoms with Gasteiger partial charge in [-0.25, -0.2) is 9.59 Å². The van der Waals surface area contributed by atoms with Crippen LogP contribution in [0.4, 0.5) is 0 Å². The van der Waals surface area contributed by atoms with E-state index in [4.69, 9.17) is 10.2 Å². The highest BCUT2D eigenvalue weighted by Crippen LogP contribution is 2.14. The lowest BCUT2D eigenvalue weighted by atomic mass is 10.0. The number of hydrogen-bond donors (Lipinski definition) is 2. The molecule has 1 unspecified atom stereocenters. The summed E-state index contributed by atoms with van der Waals surface area (Å²) in [5.74, 6) is -2.00. The molecule has 0 aromatic heterocycles. The van der Waals surface area contributed by atoms with Gasteiger partial charge >= 0.3 is 11.9 Å². The zero-order valence-corrected chi connectivity index (χ0v) is 19.7. The summed E-state index contributed by atoms with van der Waals surface area (Å²) in [6.07, 6.45) is 27.4. The van der Waals surface area contributed by atoms with Crippen molar-refractivity contribution >= 4 is 11.9 Å². The molecule has 0 aliphatic heterocycles. The van der Waals surface area contributed by atoms with Gasteiger partial charge in [-0.3, -0.25) is 0 Å². The van der Waals surface area contributed by atoms with Gasteiger partial charge in [0.1, 0.15) is 0 Å². The molecule has 31 heavy (non-hydrogen) atoms. The molecule has 0 saturated carbocycles. The van der Waals surface area contributed by atoms with Crippen molar-refractivity contribution in [3.63, 3.8) is 0 Å². The zero-order chi connectivity index (χ0) is 23.0. The maximum atomic E-state index is 11.3. The first-order valence-corrected chi connectivity index (χ1v) is 12.5. The van der Waals surface area contributed by atoms with Crippen LogP contribution in [0.1, 0.15) is 116 Å². The smallest absolute Gasteiger partial charge is 0.345 e. The van der Waals surface area contributed by atoms with Crippen molar-refractivity contribution in [1.29, 1.82) is 0 Å². The van der Waals surface area contributed by atoms with Crippen LogP contribution in [0.3, 0.4) is 0 Å². The molecule has 0 aromatic rings. The minimum Gasteiger partial charge on any atom is -0.393 e. The summed E-state index contributed by atoms with van der Waals surface area (Å²) in [4.78, 5) is 22.4. The molecular formula is C26H46O5. The molecule has 0 spiro atoms. The highest BCUT2D eigenvalue weighted by atomic mass is 16.6. The summed E-state index contributed by atoms with van der Waals surface area (Å²) in [7, 11) is 0. The molecule has 5 nitrogen and oxygen atoms in total. The van der Waals surface area contributed by atoms with Crippen LogP contribution in [-0.2, 0) is 14.3 Å². The molecule has 0 saturated heterocycles. The van der Waals surface area contributed by atoms with Gasteiger partial charge in [0.15, 0.2) is 6.10 Å². The standard InChI is InChI=1S/C26H46O5/c1-2-3-4-5-6-7-8-9-10-11-12-13-14-15-16-17-18-19-20-21-22-25(29)31-26(30)24(28)23-27/h19-22,24,27-28H,2-18,23H2,1H3. The van der Waals surface area contributed by atoms with E-state index in [0.29, 0.717) is 0 Å². The summed E-state index contributed by atoms with van der Waals surface area (Å²) in [6, 6.07) is 0. The number of ether oxygens (including phenoxy) is 1. The van der Waals surface area contributed by atoms with E-state index in [2.05, 4.69) is 11.7 Å². The van der Waals surface area contributed by atoms with Crippen molar-refractivity contribution in [3.05, 3.63) is 24.3 Å². The second-order valence-electron chi connectivity index (χ2n) is 8.32. The van der Waals surface area contributed by atoms with Crippen LogP contribution in [-0.4, -0.2) is 34.9 Å². The fourth-order valence-electron chi connectivity index (χ4n) is 3.39. The van der Waals surface area contributed by atoms with Crippen molar-refractivity contribution < 1.29 is 24.5 Å². The first-order valence-electron chi connectivity index (χ1n) is 12.5. The molecule has 0 bridgehead atoms. The second-order valence-corrected chi connectivity index (χ2v) is 8.32. The Morgan fingerprint density at radius 2 is 1.19 bits per heavy atom. The lowest BCUT2D eigenvalue weighted by Crippen LogP contribution is -2.28.